The summed E-state index contributed by atoms with van der Waals surface area (Å²) in [5.74, 6) is 1.65. The molecule has 2 aromatic heterocycles. The second-order valence-corrected chi connectivity index (χ2v) is 5.59. The largest absolute Gasteiger partial charge is 0.491 e. The zero-order chi connectivity index (χ0) is 14.1. The van der Waals surface area contributed by atoms with E-state index in [-0.39, 0.29) is 6.10 Å². The predicted molar refractivity (Wildman–Crippen MR) is 80.0 cm³/mol. The normalized spacial score (nSPS) is 11.4. The molecule has 0 spiro atoms. The van der Waals surface area contributed by atoms with Gasteiger partial charge in [-0.1, -0.05) is 0 Å². The first kappa shape index (κ1) is 13.1. The highest BCUT2D eigenvalue weighted by molar-refractivity contribution is 7.15. The summed E-state index contributed by atoms with van der Waals surface area (Å²) >= 11 is 1.56. The lowest BCUT2D eigenvalue weighted by Gasteiger charge is -2.10. The standard InChI is InChI=1S/C14H16N4OS/c1-9(2)19-11-5-3-10(4-6-11)12-8-20-14-17-16-13(7-15)18(12)14/h3-6,8-9H,7,15H2,1-2H3. The molecule has 104 valence electrons. The second-order valence-electron chi connectivity index (χ2n) is 4.75. The number of ether oxygens (including phenoxy) is 1. The number of aromatic nitrogens is 3. The SMILES string of the molecule is CC(C)Oc1ccc(-c2csc3nnc(CN)n23)cc1. The number of hydrogen-bond acceptors (Lipinski definition) is 5. The van der Waals surface area contributed by atoms with Gasteiger partial charge in [0.05, 0.1) is 18.3 Å². The third-order valence-corrected chi connectivity index (χ3v) is 3.74. The van der Waals surface area contributed by atoms with Crippen LogP contribution in [0.3, 0.4) is 0 Å². The Morgan fingerprint density at radius 3 is 2.65 bits per heavy atom. The van der Waals surface area contributed by atoms with Crippen molar-refractivity contribution in [2.24, 2.45) is 5.73 Å². The summed E-state index contributed by atoms with van der Waals surface area (Å²) in [6.07, 6.45) is 0.176. The van der Waals surface area contributed by atoms with Gasteiger partial charge in [-0.05, 0) is 43.7 Å². The molecule has 0 atom stereocenters. The van der Waals surface area contributed by atoms with Crippen molar-refractivity contribution in [3.63, 3.8) is 0 Å². The maximum absolute atomic E-state index is 5.71. The fourth-order valence-corrected chi connectivity index (χ4v) is 2.94. The summed E-state index contributed by atoms with van der Waals surface area (Å²) in [6, 6.07) is 8.04. The number of rotatable bonds is 4. The molecule has 0 saturated carbocycles. The Kier molecular flexibility index (Phi) is 3.42. The summed E-state index contributed by atoms with van der Waals surface area (Å²) in [7, 11) is 0. The van der Waals surface area contributed by atoms with Crippen molar-refractivity contribution < 1.29 is 4.74 Å². The van der Waals surface area contributed by atoms with E-state index in [2.05, 4.69) is 15.6 Å². The van der Waals surface area contributed by atoms with E-state index in [0.717, 1.165) is 27.8 Å². The lowest BCUT2D eigenvalue weighted by atomic mass is 10.1. The molecule has 2 N–H and O–H groups in total. The van der Waals surface area contributed by atoms with Crippen LogP contribution in [0.25, 0.3) is 16.2 Å². The number of benzene rings is 1. The Balaban J connectivity index is 2.00. The van der Waals surface area contributed by atoms with Crippen LogP contribution >= 0.6 is 11.3 Å². The predicted octanol–water partition coefficient (Wildman–Crippen LogP) is 2.70. The highest BCUT2D eigenvalue weighted by Crippen LogP contribution is 2.28. The number of nitrogens with two attached hydrogens (primary N) is 1. The molecule has 0 aliphatic rings. The van der Waals surface area contributed by atoms with Gasteiger partial charge in [-0.25, -0.2) is 0 Å². The van der Waals surface area contributed by atoms with Gasteiger partial charge < -0.3 is 10.5 Å². The highest BCUT2D eigenvalue weighted by atomic mass is 32.1. The van der Waals surface area contributed by atoms with Crippen LogP contribution in [0.15, 0.2) is 29.6 Å². The maximum atomic E-state index is 5.71. The van der Waals surface area contributed by atoms with E-state index < -0.39 is 0 Å². The number of thiazole rings is 1. The van der Waals surface area contributed by atoms with Gasteiger partial charge in [0.15, 0.2) is 5.82 Å². The van der Waals surface area contributed by atoms with Gasteiger partial charge >= 0.3 is 0 Å². The molecule has 3 rings (SSSR count). The summed E-state index contributed by atoms with van der Waals surface area (Å²) < 4.78 is 7.66. The van der Waals surface area contributed by atoms with Gasteiger partial charge in [0.2, 0.25) is 4.96 Å². The first-order valence-corrected chi connectivity index (χ1v) is 7.35. The topological polar surface area (TPSA) is 65.4 Å². The van der Waals surface area contributed by atoms with E-state index in [1.165, 1.54) is 0 Å². The second kappa shape index (κ2) is 5.22. The van der Waals surface area contributed by atoms with Crippen LogP contribution in [0, 0.1) is 0 Å². The first-order chi connectivity index (χ1) is 9.69. The molecule has 5 nitrogen and oxygen atoms in total. The highest BCUT2D eigenvalue weighted by Gasteiger charge is 2.12. The molecule has 6 heteroatoms. The Bertz CT molecular complexity index is 714. The smallest absolute Gasteiger partial charge is 0.216 e. The van der Waals surface area contributed by atoms with Gasteiger partial charge in [-0.15, -0.1) is 21.5 Å². The molecule has 3 aromatic rings. The minimum absolute atomic E-state index is 0.176. The van der Waals surface area contributed by atoms with Crippen LogP contribution in [-0.4, -0.2) is 20.7 Å². The molecule has 2 heterocycles. The zero-order valence-corrected chi connectivity index (χ0v) is 12.2. The fourth-order valence-electron chi connectivity index (χ4n) is 2.09. The Morgan fingerprint density at radius 1 is 1.25 bits per heavy atom. The third kappa shape index (κ3) is 2.28. The fraction of sp³-hybridized carbons (Fsp3) is 0.286. The monoisotopic (exact) mass is 288 g/mol. The average Bonchev–Trinajstić information content (AvgIpc) is 3.00. The molecular formula is C14H16N4OS. The van der Waals surface area contributed by atoms with Crippen molar-refractivity contribution in [1.29, 1.82) is 0 Å². The lowest BCUT2D eigenvalue weighted by Crippen LogP contribution is -2.05. The quantitative estimate of drug-likeness (QED) is 0.801. The minimum atomic E-state index is 0.176. The first-order valence-electron chi connectivity index (χ1n) is 6.47. The Labute approximate surface area is 121 Å². The van der Waals surface area contributed by atoms with Crippen LogP contribution in [-0.2, 0) is 6.54 Å². The van der Waals surface area contributed by atoms with E-state index >= 15 is 0 Å². The van der Waals surface area contributed by atoms with Crippen molar-refractivity contribution in [2.45, 2.75) is 26.5 Å². The summed E-state index contributed by atoms with van der Waals surface area (Å²) in [5.41, 5.74) is 7.87. The molecule has 0 fully saturated rings. The summed E-state index contributed by atoms with van der Waals surface area (Å²) in [5, 5.41) is 10.3. The van der Waals surface area contributed by atoms with Gasteiger partial charge in [-0.2, -0.15) is 0 Å². The molecule has 0 saturated heterocycles. The van der Waals surface area contributed by atoms with Crippen LogP contribution in [0.4, 0.5) is 0 Å². The third-order valence-electron chi connectivity index (χ3n) is 2.92. The van der Waals surface area contributed by atoms with Gasteiger partial charge in [0, 0.05) is 5.38 Å². The molecule has 0 unspecified atom stereocenters. The molecule has 1 aromatic carbocycles. The molecule has 0 aliphatic heterocycles. The number of hydrogen-bond donors (Lipinski definition) is 1. The zero-order valence-electron chi connectivity index (χ0n) is 11.4. The van der Waals surface area contributed by atoms with Crippen LogP contribution in [0.5, 0.6) is 5.75 Å². The van der Waals surface area contributed by atoms with E-state index in [0.29, 0.717) is 6.54 Å². The van der Waals surface area contributed by atoms with E-state index in [9.17, 15) is 0 Å². The van der Waals surface area contributed by atoms with Crippen molar-refractivity contribution in [3.8, 4) is 17.0 Å². The van der Waals surface area contributed by atoms with Crippen molar-refractivity contribution >= 4 is 16.3 Å². The van der Waals surface area contributed by atoms with Crippen LogP contribution < -0.4 is 10.5 Å². The lowest BCUT2D eigenvalue weighted by molar-refractivity contribution is 0.242. The molecule has 0 radical (unpaired) electrons. The number of nitrogens with zero attached hydrogens (tertiary/aromatic N) is 3. The molecule has 20 heavy (non-hydrogen) atoms. The van der Waals surface area contributed by atoms with Gasteiger partial charge in [0.1, 0.15) is 5.75 Å². The molecule has 0 aliphatic carbocycles. The maximum Gasteiger partial charge on any atom is 0.216 e. The summed E-state index contributed by atoms with van der Waals surface area (Å²) in [6.45, 7) is 4.40. The van der Waals surface area contributed by atoms with E-state index in [1.807, 2.05) is 42.5 Å². The average molecular weight is 288 g/mol. The van der Waals surface area contributed by atoms with Gasteiger partial charge in [-0.3, -0.25) is 4.40 Å². The molecule has 0 amide bonds. The molecular weight excluding hydrogens is 272 g/mol. The Morgan fingerprint density at radius 2 is 2.00 bits per heavy atom. The van der Waals surface area contributed by atoms with Crippen molar-refractivity contribution in [2.75, 3.05) is 0 Å². The Hall–Kier alpha value is -1.92. The minimum Gasteiger partial charge on any atom is -0.491 e. The van der Waals surface area contributed by atoms with Gasteiger partial charge in [0.25, 0.3) is 0 Å². The van der Waals surface area contributed by atoms with E-state index in [1.54, 1.807) is 11.3 Å². The molecule has 0 bridgehead atoms. The van der Waals surface area contributed by atoms with Crippen molar-refractivity contribution in [1.82, 2.24) is 14.6 Å². The van der Waals surface area contributed by atoms with Crippen LogP contribution in [0.1, 0.15) is 19.7 Å². The van der Waals surface area contributed by atoms with E-state index in [4.69, 9.17) is 10.5 Å². The van der Waals surface area contributed by atoms with Crippen LogP contribution in [0.2, 0.25) is 0 Å². The number of fused-ring (bicyclic) bond motifs is 1. The summed E-state index contributed by atoms with van der Waals surface area (Å²) in [4.78, 5) is 0.864. The van der Waals surface area contributed by atoms with Crippen molar-refractivity contribution in [3.05, 3.63) is 35.5 Å².